The van der Waals surface area contributed by atoms with Crippen LogP contribution in [0.3, 0.4) is 0 Å². The quantitative estimate of drug-likeness (QED) is 0.373. The summed E-state index contributed by atoms with van der Waals surface area (Å²) in [5, 5.41) is 10.5. The Hall–Kier alpha value is -1.45. The molecule has 57 valence electrons. The number of hydrogen-bond acceptors (Lipinski definition) is 2. The normalized spacial score (nSPS) is 10.7. The van der Waals surface area contributed by atoms with Gasteiger partial charge in [0.2, 0.25) is 0 Å². The molecule has 0 atom stereocenters. The molecule has 0 aromatic heterocycles. The summed E-state index contributed by atoms with van der Waals surface area (Å²) in [4.78, 5) is 0. The van der Waals surface area contributed by atoms with Crippen molar-refractivity contribution >= 4 is 6.21 Å². The van der Waals surface area contributed by atoms with Gasteiger partial charge in [0.15, 0.2) is 0 Å². The number of benzene rings is 1. The van der Waals surface area contributed by atoms with Gasteiger partial charge in [0, 0.05) is 0 Å². The van der Waals surface area contributed by atoms with Crippen LogP contribution in [-0.2, 0) is 0 Å². The van der Waals surface area contributed by atoms with E-state index in [9.17, 15) is 8.78 Å². The fourth-order valence-corrected chi connectivity index (χ4v) is 0.639. The van der Waals surface area contributed by atoms with Crippen molar-refractivity contribution < 1.29 is 14.0 Å². The zero-order valence-corrected chi connectivity index (χ0v) is 5.38. The smallest absolute Gasteiger partial charge is 0.135 e. The van der Waals surface area contributed by atoms with Crippen LogP contribution in [0.25, 0.3) is 0 Å². The van der Waals surface area contributed by atoms with Gasteiger partial charge in [-0.3, -0.25) is 0 Å². The first-order valence-corrected chi connectivity index (χ1v) is 2.78. The molecule has 0 heterocycles. The molecule has 0 aliphatic heterocycles. The lowest BCUT2D eigenvalue weighted by Gasteiger charge is -1.94. The van der Waals surface area contributed by atoms with Gasteiger partial charge in [-0.05, 0) is 18.2 Å². The summed E-state index contributed by atoms with van der Waals surface area (Å²) in [5.74, 6) is -1.61. The maximum Gasteiger partial charge on any atom is 0.135 e. The van der Waals surface area contributed by atoms with Gasteiger partial charge in [0.25, 0.3) is 0 Å². The fraction of sp³-hybridized carbons (Fsp3) is 0. The van der Waals surface area contributed by atoms with Gasteiger partial charge in [-0.1, -0.05) is 5.16 Å². The van der Waals surface area contributed by atoms with E-state index in [2.05, 4.69) is 11.2 Å². The summed E-state index contributed by atoms with van der Waals surface area (Å²) < 4.78 is 25.1. The van der Waals surface area contributed by atoms with Crippen LogP contribution < -0.4 is 0 Å². The predicted molar refractivity (Wildman–Crippen MR) is 34.6 cm³/mol. The van der Waals surface area contributed by atoms with Crippen molar-refractivity contribution in [3.05, 3.63) is 35.4 Å². The SMILES string of the molecule is ON=Cc1c(F)c[c]cc1F. The topological polar surface area (TPSA) is 32.6 Å². The average Bonchev–Trinajstić information content (AvgIpc) is 1.97. The van der Waals surface area contributed by atoms with E-state index in [0.29, 0.717) is 6.21 Å². The first-order chi connectivity index (χ1) is 5.25. The van der Waals surface area contributed by atoms with E-state index in [-0.39, 0.29) is 5.56 Å². The van der Waals surface area contributed by atoms with Gasteiger partial charge in [-0.25, -0.2) is 8.78 Å². The molecule has 1 radical (unpaired) electrons. The van der Waals surface area contributed by atoms with Crippen molar-refractivity contribution in [2.45, 2.75) is 0 Å². The van der Waals surface area contributed by atoms with Gasteiger partial charge in [0.05, 0.1) is 11.8 Å². The maximum atomic E-state index is 12.6. The molecule has 0 saturated heterocycles. The van der Waals surface area contributed by atoms with E-state index in [0.717, 1.165) is 12.1 Å². The Morgan fingerprint density at radius 3 is 2.36 bits per heavy atom. The fourth-order valence-electron chi connectivity index (χ4n) is 0.639. The van der Waals surface area contributed by atoms with Crippen molar-refractivity contribution in [3.8, 4) is 0 Å². The van der Waals surface area contributed by atoms with Gasteiger partial charge in [0.1, 0.15) is 11.6 Å². The van der Waals surface area contributed by atoms with Gasteiger partial charge in [-0.2, -0.15) is 0 Å². The second-order valence-corrected chi connectivity index (χ2v) is 1.81. The molecule has 0 fully saturated rings. The van der Waals surface area contributed by atoms with Crippen molar-refractivity contribution in [1.82, 2.24) is 0 Å². The summed E-state index contributed by atoms with van der Waals surface area (Å²) in [7, 11) is 0. The highest BCUT2D eigenvalue weighted by molar-refractivity contribution is 5.79. The summed E-state index contributed by atoms with van der Waals surface area (Å²) in [5.41, 5.74) is -0.369. The lowest BCUT2D eigenvalue weighted by Crippen LogP contribution is -1.92. The minimum absolute atomic E-state index is 0.369. The molecular weight excluding hydrogens is 152 g/mol. The highest BCUT2D eigenvalue weighted by atomic mass is 19.1. The zero-order chi connectivity index (χ0) is 8.27. The third-order valence-corrected chi connectivity index (χ3v) is 1.12. The van der Waals surface area contributed by atoms with Gasteiger partial charge < -0.3 is 5.21 Å². The second kappa shape index (κ2) is 3.09. The molecule has 0 bridgehead atoms. The number of hydrogen-bond donors (Lipinski definition) is 1. The Bertz CT molecular complexity index is 266. The number of halogens is 2. The summed E-state index contributed by atoms with van der Waals surface area (Å²) in [6.07, 6.45) is 0.693. The lowest BCUT2D eigenvalue weighted by molar-refractivity contribution is 0.321. The van der Waals surface area contributed by atoms with Crippen molar-refractivity contribution in [2.75, 3.05) is 0 Å². The molecule has 11 heavy (non-hydrogen) atoms. The van der Waals surface area contributed by atoms with E-state index >= 15 is 0 Å². The van der Waals surface area contributed by atoms with Crippen LogP contribution in [0, 0.1) is 17.7 Å². The number of rotatable bonds is 1. The Morgan fingerprint density at radius 1 is 1.36 bits per heavy atom. The highest BCUT2D eigenvalue weighted by Gasteiger charge is 2.04. The minimum Gasteiger partial charge on any atom is -0.411 e. The van der Waals surface area contributed by atoms with E-state index in [1.54, 1.807) is 0 Å². The largest absolute Gasteiger partial charge is 0.411 e. The van der Waals surface area contributed by atoms with Gasteiger partial charge >= 0.3 is 0 Å². The summed E-state index contributed by atoms with van der Waals surface area (Å²) >= 11 is 0. The molecule has 0 spiro atoms. The van der Waals surface area contributed by atoms with Crippen LogP contribution in [0.15, 0.2) is 17.3 Å². The highest BCUT2D eigenvalue weighted by Crippen LogP contribution is 2.08. The van der Waals surface area contributed by atoms with Gasteiger partial charge in [-0.15, -0.1) is 0 Å². The Morgan fingerprint density at radius 2 is 1.91 bits per heavy atom. The maximum absolute atomic E-state index is 12.6. The Labute approximate surface area is 61.8 Å². The van der Waals surface area contributed by atoms with E-state index in [4.69, 9.17) is 5.21 Å². The summed E-state index contributed by atoms with van der Waals surface area (Å²) in [6, 6.07) is 4.15. The van der Waals surface area contributed by atoms with Crippen LogP contribution in [0.5, 0.6) is 0 Å². The number of nitrogens with zero attached hydrogens (tertiary/aromatic N) is 1. The molecule has 0 aliphatic carbocycles. The predicted octanol–water partition coefficient (Wildman–Crippen LogP) is 1.57. The van der Waals surface area contributed by atoms with Crippen LogP contribution in [0.2, 0.25) is 0 Å². The molecule has 0 saturated carbocycles. The van der Waals surface area contributed by atoms with Crippen LogP contribution >= 0.6 is 0 Å². The third kappa shape index (κ3) is 1.52. The molecule has 0 unspecified atom stereocenters. The molecule has 1 N–H and O–H groups in total. The first kappa shape index (κ1) is 7.65. The van der Waals surface area contributed by atoms with Crippen LogP contribution in [0.1, 0.15) is 5.56 Å². The molecule has 2 nitrogen and oxygen atoms in total. The van der Waals surface area contributed by atoms with E-state index in [1.165, 1.54) is 0 Å². The monoisotopic (exact) mass is 156 g/mol. The van der Waals surface area contributed by atoms with Crippen molar-refractivity contribution in [3.63, 3.8) is 0 Å². The Balaban J connectivity index is 3.20. The van der Waals surface area contributed by atoms with Crippen LogP contribution in [-0.4, -0.2) is 11.4 Å². The standard InChI is InChI=1S/C7H4F2NO/c8-6-2-1-3-7(9)5(6)4-10-11/h2-4,11H. The first-order valence-electron chi connectivity index (χ1n) is 2.78. The summed E-state index contributed by atoms with van der Waals surface area (Å²) in [6.45, 7) is 0. The molecule has 4 heteroatoms. The zero-order valence-electron chi connectivity index (χ0n) is 5.38. The Kier molecular flexibility index (Phi) is 2.15. The number of oxime groups is 1. The molecule has 0 aliphatic rings. The van der Waals surface area contributed by atoms with Crippen molar-refractivity contribution in [1.29, 1.82) is 0 Å². The molecule has 0 amide bonds. The molecule has 1 aromatic rings. The molecule has 1 aromatic carbocycles. The van der Waals surface area contributed by atoms with E-state index in [1.807, 2.05) is 0 Å². The van der Waals surface area contributed by atoms with E-state index < -0.39 is 11.6 Å². The third-order valence-electron chi connectivity index (χ3n) is 1.12. The average molecular weight is 156 g/mol. The second-order valence-electron chi connectivity index (χ2n) is 1.81. The minimum atomic E-state index is -0.803. The van der Waals surface area contributed by atoms with Crippen molar-refractivity contribution in [2.24, 2.45) is 5.16 Å². The van der Waals surface area contributed by atoms with Crippen LogP contribution in [0.4, 0.5) is 8.78 Å². The lowest BCUT2D eigenvalue weighted by atomic mass is 10.2. The molecule has 1 rings (SSSR count). The molecular formula is C7H4F2NO.